The van der Waals surface area contributed by atoms with Crippen LogP contribution in [0.3, 0.4) is 0 Å². The minimum atomic E-state index is -0.288. The summed E-state index contributed by atoms with van der Waals surface area (Å²) in [5.41, 5.74) is 0.527. The van der Waals surface area contributed by atoms with Crippen LogP contribution in [-0.2, 0) is 6.54 Å². The zero-order valence-corrected chi connectivity index (χ0v) is 11.7. The predicted molar refractivity (Wildman–Crippen MR) is 78.2 cm³/mol. The van der Waals surface area contributed by atoms with Gasteiger partial charge in [-0.1, -0.05) is 30.2 Å². The van der Waals surface area contributed by atoms with Crippen molar-refractivity contribution in [3.63, 3.8) is 0 Å². The molecule has 104 valence electrons. The number of nitrogens with zero attached hydrogens (tertiary/aromatic N) is 4. The van der Waals surface area contributed by atoms with Gasteiger partial charge < -0.3 is 0 Å². The number of carbonyl (C=O) groups excluding carboxylic acids is 1. The van der Waals surface area contributed by atoms with Gasteiger partial charge in [0, 0.05) is 5.56 Å². The van der Waals surface area contributed by atoms with Crippen LogP contribution in [0.4, 0.5) is 5.95 Å². The van der Waals surface area contributed by atoms with Gasteiger partial charge in [-0.2, -0.15) is 4.80 Å². The maximum absolute atomic E-state index is 11.9. The molecular formula is C12H14N6OS. The highest BCUT2D eigenvalue weighted by Gasteiger charge is 2.09. The molecule has 0 atom stereocenters. The molecule has 20 heavy (non-hydrogen) atoms. The van der Waals surface area contributed by atoms with Crippen molar-refractivity contribution >= 4 is 29.2 Å². The standard InChI is InChI=1S/C12H14N6OS/c1-2-8-18-16-11(15-17-18)14-12(20)13-10(19)9-6-4-3-5-7-9/h3-7H,2,8H2,1H3,(H2,13,14,16,19,20). The average Bonchev–Trinajstić information content (AvgIpc) is 2.87. The number of anilines is 1. The smallest absolute Gasteiger partial charge is 0.269 e. The number of thiocarbonyl (C=S) groups is 1. The lowest BCUT2D eigenvalue weighted by molar-refractivity contribution is 0.0977. The lowest BCUT2D eigenvalue weighted by atomic mass is 10.2. The molecule has 2 aromatic rings. The van der Waals surface area contributed by atoms with Gasteiger partial charge in [-0.3, -0.25) is 15.4 Å². The van der Waals surface area contributed by atoms with E-state index in [0.29, 0.717) is 12.1 Å². The molecule has 1 aromatic heterocycles. The van der Waals surface area contributed by atoms with E-state index in [4.69, 9.17) is 12.2 Å². The van der Waals surface area contributed by atoms with E-state index in [-0.39, 0.29) is 17.0 Å². The van der Waals surface area contributed by atoms with E-state index in [1.165, 1.54) is 4.80 Å². The molecule has 0 spiro atoms. The molecule has 0 radical (unpaired) electrons. The third-order valence-electron chi connectivity index (χ3n) is 2.36. The largest absolute Gasteiger partial charge is 0.299 e. The summed E-state index contributed by atoms with van der Waals surface area (Å²) in [6.45, 7) is 2.69. The minimum Gasteiger partial charge on any atom is -0.299 e. The molecule has 0 aliphatic rings. The van der Waals surface area contributed by atoms with Gasteiger partial charge in [0.05, 0.1) is 6.54 Å². The Morgan fingerprint density at radius 2 is 2.10 bits per heavy atom. The summed E-state index contributed by atoms with van der Waals surface area (Å²) in [6.07, 6.45) is 0.908. The third kappa shape index (κ3) is 3.82. The fourth-order valence-electron chi connectivity index (χ4n) is 1.49. The van der Waals surface area contributed by atoms with Crippen LogP contribution in [0.25, 0.3) is 0 Å². The Hall–Kier alpha value is -2.35. The number of hydrogen-bond acceptors (Lipinski definition) is 5. The SMILES string of the molecule is CCCn1nnc(NC(=S)NC(=O)c2ccccc2)n1. The first-order chi connectivity index (χ1) is 9.69. The lowest BCUT2D eigenvalue weighted by Gasteiger charge is -2.06. The molecular weight excluding hydrogens is 276 g/mol. The Labute approximate surface area is 121 Å². The van der Waals surface area contributed by atoms with Crippen molar-refractivity contribution in [3.8, 4) is 0 Å². The van der Waals surface area contributed by atoms with Crippen LogP contribution in [-0.4, -0.2) is 31.2 Å². The summed E-state index contributed by atoms with van der Waals surface area (Å²) >= 11 is 5.03. The van der Waals surface area contributed by atoms with Crippen LogP contribution in [0.1, 0.15) is 23.7 Å². The monoisotopic (exact) mass is 290 g/mol. The molecule has 7 nitrogen and oxygen atoms in total. The maximum Gasteiger partial charge on any atom is 0.269 e. The van der Waals surface area contributed by atoms with Gasteiger partial charge in [-0.05, 0) is 36.0 Å². The summed E-state index contributed by atoms with van der Waals surface area (Å²) in [5, 5.41) is 17.1. The van der Waals surface area contributed by atoms with Gasteiger partial charge in [0.25, 0.3) is 11.9 Å². The number of hydrogen-bond donors (Lipinski definition) is 2. The first-order valence-electron chi connectivity index (χ1n) is 6.14. The van der Waals surface area contributed by atoms with Crippen molar-refractivity contribution in [2.24, 2.45) is 0 Å². The van der Waals surface area contributed by atoms with Gasteiger partial charge in [0.15, 0.2) is 5.11 Å². The van der Waals surface area contributed by atoms with Crippen LogP contribution in [0.15, 0.2) is 30.3 Å². The molecule has 0 aliphatic heterocycles. The maximum atomic E-state index is 11.9. The number of rotatable bonds is 4. The van der Waals surface area contributed by atoms with Gasteiger partial charge >= 0.3 is 0 Å². The lowest BCUT2D eigenvalue weighted by Crippen LogP contribution is -2.34. The molecule has 1 heterocycles. The predicted octanol–water partition coefficient (Wildman–Crippen LogP) is 1.21. The topological polar surface area (TPSA) is 84.7 Å². The van der Waals surface area contributed by atoms with Crippen LogP contribution in [0, 0.1) is 0 Å². The highest BCUT2D eigenvalue weighted by molar-refractivity contribution is 7.80. The third-order valence-corrected chi connectivity index (χ3v) is 2.57. The summed E-state index contributed by atoms with van der Waals surface area (Å²) in [5.74, 6) is -0.0270. The van der Waals surface area contributed by atoms with Crippen LogP contribution < -0.4 is 10.6 Å². The zero-order chi connectivity index (χ0) is 14.4. The fraction of sp³-hybridized carbons (Fsp3) is 0.250. The second-order valence-corrected chi connectivity index (χ2v) is 4.39. The Balaban J connectivity index is 1.90. The molecule has 1 amide bonds. The van der Waals surface area contributed by atoms with Crippen LogP contribution in [0.2, 0.25) is 0 Å². The summed E-state index contributed by atoms with van der Waals surface area (Å²) in [6, 6.07) is 8.80. The number of amides is 1. The minimum absolute atomic E-state index is 0.134. The second-order valence-electron chi connectivity index (χ2n) is 3.98. The molecule has 0 fully saturated rings. The normalized spacial score (nSPS) is 10.1. The molecule has 0 saturated carbocycles. The molecule has 0 bridgehead atoms. The average molecular weight is 290 g/mol. The zero-order valence-electron chi connectivity index (χ0n) is 10.9. The van der Waals surface area contributed by atoms with E-state index < -0.39 is 0 Å². The van der Waals surface area contributed by atoms with Crippen molar-refractivity contribution in [3.05, 3.63) is 35.9 Å². The second kappa shape index (κ2) is 6.71. The molecule has 2 N–H and O–H groups in total. The first-order valence-corrected chi connectivity index (χ1v) is 6.55. The van der Waals surface area contributed by atoms with Crippen LogP contribution in [0.5, 0.6) is 0 Å². The molecule has 1 aromatic carbocycles. The Morgan fingerprint density at radius 3 is 2.80 bits per heavy atom. The summed E-state index contributed by atoms with van der Waals surface area (Å²) in [4.78, 5) is 13.3. The number of aromatic nitrogens is 4. The molecule has 8 heteroatoms. The first kappa shape index (κ1) is 14.1. The number of carbonyl (C=O) groups is 1. The van der Waals surface area contributed by atoms with Gasteiger partial charge in [0.2, 0.25) is 0 Å². The van der Waals surface area contributed by atoms with E-state index in [9.17, 15) is 4.79 Å². The Morgan fingerprint density at radius 1 is 1.35 bits per heavy atom. The van der Waals surface area contributed by atoms with E-state index in [0.717, 1.165) is 6.42 Å². The summed E-state index contributed by atoms with van der Waals surface area (Å²) < 4.78 is 0. The van der Waals surface area contributed by atoms with E-state index in [1.807, 2.05) is 13.0 Å². The van der Waals surface area contributed by atoms with Crippen molar-refractivity contribution in [1.82, 2.24) is 25.5 Å². The number of nitrogens with one attached hydrogen (secondary N) is 2. The number of aryl methyl sites for hydroxylation is 1. The van der Waals surface area contributed by atoms with Gasteiger partial charge in [0.1, 0.15) is 0 Å². The van der Waals surface area contributed by atoms with Crippen molar-refractivity contribution in [2.75, 3.05) is 5.32 Å². The Kier molecular flexibility index (Phi) is 4.72. The van der Waals surface area contributed by atoms with Crippen molar-refractivity contribution in [2.45, 2.75) is 19.9 Å². The van der Waals surface area contributed by atoms with E-state index in [1.54, 1.807) is 24.3 Å². The molecule has 0 aliphatic carbocycles. The molecule has 2 rings (SSSR count). The quantitative estimate of drug-likeness (QED) is 0.823. The highest BCUT2D eigenvalue weighted by atomic mass is 32.1. The molecule has 0 saturated heterocycles. The molecule has 0 unspecified atom stereocenters. The van der Waals surface area contributed by atoms with Crippen LogP contribution >= 0.6 is 12.2 Å². The van der Waals surface area contributed by atoms with Crippen molar-refractivity contribution in [1.29, 1.82) is 0 Å². The van der Waals surface area contributed by atoms with Crippen molar-refractivity contribution < 1.29 is 4.79 Å². The summed E-state index contributed by atoms with van der Waals surface area (Å²) in [7, 11) is 0. The van der Waals surface area contributed by atoms with E-state index >= 15 is 0 Å². The van der Waals surface area contributed by atoms with Gasteiger partial charge in [-0.25, -0.2) is 0 Å². The van der Waals surface area contributed by atoms with E-state index in [2.05, 4.69) is 26.0 Å². The Bertz CT molecular complexity index is 597. The number of benzene rings is 1. The number of tetrazole rings is 1. The fourth-order valence-corrected chi connectivity index (χ4v) is 1.67. The van der Waals surface area contributed by atoms with Gasteiger partial charge in [-0.15, -0.1) is 5.10 Å². The highest BCUT2D eigenvalue weighted by Crippen LogP contribution is 1.99.